The number of hydrogen-bond donors (Lipinski definition) is 1. The van der Waals surface area contributed by atoms with Crippen molar-refractivity contribution in [2.75, 3.05) is 0 Å². The van der Waals surface area contributed by atoms with Gasteiger partial charge in [0.05, 0.1) is 0 Å². The Labute approximate surface area is 122 Å². The van der Waals surface area contributed by atoms with Crippen LogP contribution in [-0.2, 0) is 9.59 Å². The fraction of sp³-hybridized carbons (Fsp3) is 0.875. The minimum absolute atomic E-state index is 0.0369. The molecule has 114 valence electrons. The van der Waals surface area contributed by atoms with E-state index in [0.717, 1.165) is 12.8 Å². The van der Waals surface area contributed by atoms with Gasteiger partial charge < -0.3 is 10.2 Å². The van der Waals surface area contributed by atoms with Crippen LogP contribution in [0.15, 0.2) is 0 Å². The van der Waals surface area contributed by atoms with Crippen molar-refractivity contribution in [2.24, 2.45) is 5.92 Å². The van der Waals surface area contributed by atoms with Crippen LogP contribution in [0.4, 0.5) is 0 Å². The third-order valence-corrected chi connectivity index (χ3v) is 5.41. The van der Waals surface area contributed by atoms with Gasteiger partial charge in [0.15, 0.2) is 0 Å². The summed E-state index contributed by atoms with van der Waals surface area (Å²) in [6.07, 6.45) is 5.41. The number of amides is 2. The Balaban J connectivity index is 2.37. The van der Waals surface area contributed by atoms with Gasteiger partial charge in [-0.2, -0.15) is 0 Å². The van der Waals surface area contributed by atoms with Crippen molar-refractivity contribution in [3.8, 4) is 0 Å². The van der Waals surface area contributed by atoms with Crippen LogP contribution in [0, 0.1) is 5.92 Å². The largest absolute Gasteiger partial charge is 0.340 e. The lowest BCUT2D eigenvalue weighted by molar-refractivity contribution is -0.159. The summed E-state index contributed by atoms with van der Waals surface area (Å²) < 4.78 is 0. The smallest absolute Gasteiger partial charge is 0.249 e. The standard InChI is InChI=1S/C16H28N2O2/c1-5-12-14(19)17-16(6-2,7-3)15(20)18(12)13-10-8-9-11(13)4/h11-13H,5-10H2,1-4H3,(H,17,19). The highest BCUT2D eigenvalue weighted by molar-refractivity contribution is 6.00. The maximum absolute atomic E-state index is 13.1. The molecule has 3 atom stereocenters. The van der Waals surface area contributed by atoms with E-state index in [9.17, 15) is 9.59 Å². The Bertz CT molecular complexity index is 390. The summed E-state index contributed by atoms with van der Waals surface area (Å²) in [4.78, 5) is 27.5. The summed E-state index contributed by atoms with van der Waals surface area (Å²) in [6.45, 7) is 8.19. The number of nitrogens with one attached hydrogen (secondary N) is 1. The molecule has 1 N–H and O–H groups in total. The van der Waals surface area contributed by atoms with Crippen molar-refractivity contribution >= 4 is 11.8 Å². The molecule has 4 heteroatoms. The lowest BCUT2D eigenvalue weighted by Crippen LogP contribution is -2.71. The zero-order chi connectivity index (χ0) is 14.9. The molecule has 20 heavy (non-hydrogen) atoms. The Morgan fingerprint density at radius 2 is 1.85 bits per heavy atom. The van der Waals surface area contributed by atoms with Crippen molar-refractivity contribution in [1.29, 1.82) is 0 Å². The maximum atomic E-state index is 13.1. The van der Waals surface area contributed by atoms with E-state index in [4.69, 9.17) is 0 Å². The molecule has 4 nitrogen and oxygen atoms in total. The zero-order valence-corrected chi connectivity index (χ0v) is 13.2. The monoisotopic (exact) mass is 280 g/mol. The highest BCUT2D eigenvalue weighted by Gasteiger charge is 2.51. The maximum Gasteiger partial charge on any atom is 0.249 e. The second-order valence-corrected chi connectivity index (χ2v) is 6.39. The van der Waals surface area contributed by atoms with E-state index in [1.807, 2.05) is 25.7 Å². The number of nitrogens with zero attached hydrogens (tertiary/aromatic N) is 1. The van der Waals surface area contributed by atoms with Crippen LogP contribution in [0.5, 0.6) is 0 Å². The molecule has 0 spiro atoms. The van der Waals surface area contributed by atoms with Crippen LogP contribution >= 0.6 is 0 Å². The van der Waals surface area contributed by atoms with Gasteiger partial charge in [0.1, 0.15) is 11.6 Å². The summed E-state index contributed by atoms with van der Waals surface area (Å²) in [6, 6.07) is -0.0322. The molecule has 2 aliphatic rings. The van der Waals surface area contributed by atoms with Crippen LogP contribution in [-0.4, -0.2) is 34.3 Å². The van der Waals surface area contributed by atoms with Crippen LogP contribution in [0.1, 0.15) is 66.2 Å². The number of carbonyl (C=O) groups is 2. The predicted molar refractivity (Wildman–Crippen MR) is 79.2 cm³/mol. The first-order valence-corrected chi connectivity index (χ1v) is 8.15. The lowest BCUT2D eigenvalue weighted by Gasteiger charge is -2.48. The van der Waals surface area contributed by atoms with E-state index >= 15 is 0 Å². The van der Waals surface area contributed by atoms with Gasteiger partial charge in [-0.15, -0.1) is 0 Å². The van der Waals surface area contributed by atoms with Crippen LogP contribution < -0.4 is 5.32 Å². The predicted octanol–water partition coefficient (Wildman–Crippen LogP) is 2.47. The molecule has 1 aliphatic carbocycles. The van der Waals surface area contributed by atoms with Crippen LogP contribution in [0.25, 0.3) is 0 Å². The molecule has 2 rings (SSSR count). The molecule has 1 aliphatic heterocycles. The molecule has 0 radical (unpaired) electrons. The number of carbonyl (C=O) groups excluding carboxylic acids is 2. The van der Waals surface area contributed by atoms with Crippen molar-refractivity contribution in [3.05, 3.63) is 0 Å². The Hall–Kier alpha value is -1.06. The molecule has 0 bridgehead atoms. The first-order chi connectivity index (χ1) is 9.50. The highest BCUT2D eigenvalue weighted by atomic mass is 16.2. The van der Waals surface area contributed by atoms with Gasteiger partial charge in [-0.1, -0.05) is 34.1 Å². The molecule has 0 aromatic rings. The molecule has 2 fully saturated rings. The quantitative estimate of drug-likeness (QED) is 0.860. The molecule has 3 unspecified atom stereocenters. The molecule has 0 aromatic heterocycles. The fourth-order valence-corrected chi connectivity index (χ4v) is 3.92. The minimum Gasteiger partial charge on any atom is -0.340 e. The summed E-state index contributed by atoms with van der Waals surface area (Å²) in [7, 11) is 0. The average Bonchev–Trinajstić information content (AvgIpc) is 2.86. The topological polar surface area (TPSA) is 49.4 Å². The first kappa shape index (κ1) is 15.3. The van der Waals surface area contributed by atoms with Gasteiger partial charge in [0, 0.05) is 6.04 Å². The molecule has 2 amide bonds. The van der Waals surface area contributed by atoms with Crippen molar-refractivity contribution in [1.82, 2.24) is 10.2 Å². The number of piperazine rings is 1. The van der Waals surface area contributed by atoms with E-state index in [0.29, 0.717) is 25.2 Å². The minimum atomic E-state index is -0.676. The third-order valence-electron chi connectivity index (χ3n) is 5.41. The van der Waals surface area contributed by atoms with E-state index in [-0.39, 0.29) is 23.9 Å². The summed E-state index contributed by atoms with van der Waals surface area (Å²) in [5.74, 6) is 0.688. The van der Waals surface area contributed by atoms with Crippen LogP contribution in [0.3, 0.4) is 0 Å². The van der Waals surface area contributed by atoms with Gasteiger partial charge in [-0.3, -0.25) is 9.59 Å². The second kappa shape index (κ2) is 5.74. The highest BCUT2D eigenvalue weighted by Crippen LogP contribution is 2.36. The Morgan fingerprint density at radius 1 is 1.20 bits per heavy atom. The SMILES string of the molecule is CCC1C(=O)NC(CC)(CC)C(=O)N1C1CCCC1C. The Kier molecular flexibility index (Phi) is 4.40. The van der Waals surface area contributed by atoms with E-state index in [1.54, 1.807) is 0 Å². The van der Waals surface area contributed by atoms with Crippen molar-refractivity contribution in [3.63, 3.8) is 0 Å². The third kappa shape index (κ3) is 2.23. The summed E-state index contributed by atoms with van der Waals surface area (Å²) >= 11 is 0. The lowest BCUT2D eigenvalue weighted by atomic mass is 9.85. The number of rotatable bonds is 4. The van der Waals surface area contributed by atoms with E-state index < -0.39 is 5.54 Å². The fourth-order valence-electron chi connectivity index (χ4n) is 3.92. The van der Waals surface area contributed by atoms with E-state index in [2.05, 4.69) is 12.2 Å². The average molecular weight is 280 g/mol. The first-order valence-electron chi connectivity index (χ1n) is 8.15. The van der Waals surface area contributed by atoms with Crippen molar-refractivity contribution < 1.29 is 9.59 Å². The zero-order valence-electron chi connectivity index (χ0n) is 13.2. The summed E-state index contributed by atoms with van der Waals surface area (Å²) in [5.41, 5.74) is -0.676. The van der Waals surface area contributed by atoms with Crippen LogP contribution in [0.2, 0.25) is 0 Å². The van der Waals surface area contributed by atoms with Gasteiger partial charge in [-0.25, -0.2) is 0 Å². The molecular formula is C16H28N2O2. The van der Waals surface area contributed by atoms with Crippen molar-refractivity contribution in [2.45, 2.75) is 83.8 Å². The summed E-state index contributed by atoms with van der Waals surface area (Å²) in [5, 5.41) is 3.02. The molecule has 1 saturated heterocycles. The second-order valence-electron chi connectivity index (χ2n) is 6.39. The van der Waals surface area contributed by atoms with Gasteiger partial charge in [0.2, 0.25) is 11.8 Å². The molecule has 1 saturated carbocycles. The molecule has 0 aromatic carbocycles. The number of hydrogen-bond acceptors (Lipinski definition) is 2. The molecular weight excluding hydrogens is 252 g/mol. The van der Waals surface area contributed by atoms with Gasteiger partial charge >= 0.3 is 0 Å². The van der Waals surface area contributed by atoms with Gasteiger partial charge in [0.25, 0.3) is 0 Å². The van der Waals surface area contributed by atoms with Gasteiger partial charge in [-0.05, 0) is 38.0 Å². The van der Waals surface area contributed by atoms with E-state index in [1.165, 1.54) is 6.42 Å². The normalized spacial score (nSPS) is 33.4. The molecule has 1 heterocycles. The Morgan fingerprint density at radius 3 is 2.30 bits per heavy atom.